The Morgan fingerprint density at radius 2 is 1.23 bits per heavy atom. The van der Waals surface area contributed by atoms with Crippen molar-refractivity contribution in [2.45, 2.75) is 0 Å². The second kappa shape index (κ2) is 4.11. The van der Waals surface area contributed by atoms with Crippen molar-refractivity contribution in [3.05, 3.63) is 72.9 Å². The summed E-state index contributed by atoms with van der Waals surface area (Å²) in [6.45, 7) is 0. The summed E-state index contributed by atoms with van der Waals surface area (Å²) in [6, 6.07) is 24.2. The number of aryl methyl sites for hydroxylation is 1. The Morgan fingerprint density at radius 1 is 0.591 bits per heavy atom. The summed E-state index contributed by atoms with van der Waals surface area (Å²) in [5, 5.41) is 9.27. The average Bonchev–Trinajstić information content (AvgIpc) is 2.95. The molecule has 0 aliphatic heterocycles. The SMILES string of the molecule is Cn1ccc2ccc3ccc4ccc5ccccc5c4c3c21. The van der Waals surface area contributed by atoms with E-state index in [2.05, 4.69) is 84.5 Å². The quantitative estimate of drug-likeness (QED) is 0.324. The first kappa shape index (κ1) is 11.8. The van der Waals surface area contributed by atoms with Gasteiger partial charge >= 0.3 is 0 Å². The molecule has 1 heterocycles. The third kappa shape index (κ3) is 1.43. The summed E-state index contributed by atoms with van der Waals surface area (Å²) in [4.78, 5) is 0. The molecule has 0 radical (unpaired) electrons. The van der Waals surface area contributed by atoms with Gasteiger partial charge in [-0.3, -0.25) is 0 Å². The van der Waals surface area contributed by atoms with Crippen LogP contribution in [0.15, 0.2) is 72.9 Å². The molecule has 22 heavy (non-hydrogen) atoms. The first-order chi connectivity index (χ1) is 10.8. The van der Waals surface area contributed by atoms with Crippen molar-refractivity contribution in [1.82, 2.24) is 4.57 Å². The highest BCUT2D eigenvalue weighted by Crippen LogP contribution is 2.36. The molecule has 4 aromatic carbocycles. The number of aromatic nitrogens is 1. The van der Waals surface area contributed by atoms with Gasteiger partial charge in [-0.1, -0.05) is 60.7 Å². The standard InChI is InChI=1S/C21H15N/c1-22-13-12-17-11-10-16-9-8-15-7-6-14-4-2-3-5-18(14)19(15)20(16)21(17)22/h2-13H,1H3. The first-order valence-corrected chi connectivity index (χ1v) is 7.61. The lowest BCUT2D eigenvalue weighted by molar-refractivity contribution is 0.973. The van der Waals surface area contributed by atoms with Gasteiger partial charge in [0.1, 0.15) is 0 Å². The van der Waals surface area contributed by atoms with Crippen LogP contribution in [0.5, 0.6) is 0 Å². The van der Waals surface area contributed by atoms with E-state index in [1.165, 1.54) is 43.2 Å². The zero-order valence-electron chi connectivity index (χ0n) is 12.4. The highest BCUT2D eigenvalue weighted by atomic mass is 14.9. The van der Waals surface area contributed by atoms with Crippen molar-refractivity contribution in [2.24, 2.45) is 7.05 Å². The van der Waals surface area contributed by atoms with Crippen LogP contribution in [0.4, 0.5) is 0 Å². The molecule has 5 aromatic rings. The van der Waals surface area contributed by atoms with Gasteiger partial charge in [0.15, 0.2) is 0 Å². The zero-order valence-corrected chi connectivity index (χ0v) is 12.4. The number of rotatable bonds is 0. The van der Waals surface area contributed by atoms with Crippen LogP contribution in [0.3, 0.4) is 0 Å². The lowest BCUT2D eigenvalue weighted by atomic mass is 9.95. The molecular formula is C21H15N. The fourth-order valence-corrected chi connectivity index (χ4v) is 3.69. The molecule has 0 spiro atoms. The number of hydrogen-bond acceptors (Lipinski definition) is 0. The lowest BCUT2D eigenvalue weighted by Gasteiger charge is -2.10. The van der Waals surface area contributed by atoms with Gasteiger partial charge in [0.2, 0.25) is 0 Å². The molecule has 0 aliphatic carbocycles. The van der Waals surface area contributed by atoms with Crippen LogP contribution < -0.4 is 0 Å². The fourth-order valence-electron chi connectivity index (χ4n) is 3.69. The number of hydrogen-bond donors (Lipinski definition) is 0. The maximum absolute atomic E-state index is 2.24. The van der Waals surface area contributed by atoms with Crippen LogP contribution in [0.1, 0.15) is 0 Å². The minimum absolute atomic E-state index is 1.30. The topological polar surface area (TPSA) is 4.93 Å². The minimum atomic E-state index is 1.30. The molecule has 1 heteroatoms. The van der Waals surface area contributed by atoms with E-state index >= 15 is 0 Å². The van der Waals surface area contributed by atoms with Crippen LogP contribution in [-0.4, -0.2) is 4.57 Å². The van der Waals surface area contributed by atoms with Gasteiger partial charge in [-0.2, -0.15) is 0 Å². The van der Waals surface area contributed by atoms with Crippen LogP contribution in [0, 0.1) is 0 Å². The van der Waals surface area contributed by atoms with Gasteiger partial charge < -0.3 is 4.57 Å². The van der Waals surface area contributed by atoms with E-state index in [4.69, 9.17) is 0 Å². The molecule has 1 nitrogen and oxygen atoms in total. The van der Waals surface area contributed by atoms with Crippen molar-refractivity contribution < 1.29 is 0 Å². The van der Waals surface area contributed by atoms with E-state index in [0.717, 1.165) is 0 Å². The Balaban J connectivity index is 2.21. The summed E-state index contributed by atoms with van der Waals surface area (Å²) in [6.07, 6.45) is 2.15. The Kier molecular flexibility index (Phi) is 2.21. The van der Waals surface area contributed by atoms with Crippen molar-refractivity contribution in [3.8, 4) is 0 Å². The third-order valence-corrected chi connectivity index (χ3v) is 4.73. The monoisotopic (exact) mass is 281 g/mol. The average molecular weight is 281 g/mol. The summed E-state index contributed by atoms with van der Waals surface area (Å²) in [7, 11) is 2.13. The molecule has 104 valence electrons. The molecule has 1 aromatic heterocycles. The number of fused-ring (bicyclic) bond motifs is 7. The molecule has 0 saturated carbocycles. The van der Waals surface area contributed by atoms with Gasteiger partial charge in [-0.05, 0) is 33.0 Å². The van der Waals surface area contributed by atoms with Gasteiger partial charge in [-0.25, -0.2) is 0 Å². The van der Waals surface area contributed by atoms with Crippen molar-refractivity contribution in [3.63, 3.8) is 0 Å². The van der Waals surface area contributed by atoms with E-state index < -0.39 is 0 Å². The predicted molar refractivity (Wildman–Crippen MR) is 95.4 cm³/mol. The van der Waals surface area contributed by atoms with Crippen LogP contribution in [-0.2, 0) is 7.05 Å². The molecule has 0 unspecified atom stereocenters. The number of benzene rings is 4. The second-order valence-corrected chi connectivity index (χ2v) is 5.98. The summed E-state index contributed by atoms with van der Waals surface area (Å²) >= 11 is 0. The van der Waals surface area contributed by atoms with E-state index in [-0.39, 0.29) is 0 Å². The smallest absolute Gasteiger partial charge is 0.0563 e. The molecule has 0 N–H and O–H groups in total. The fraction of sp³-hybridized carbons (Fsp3) is 0.0476. The van der Waals surface area contributed by atoms with E-state index in [9.17, 15) is 0 Å². The first-order valence-electron chi connectivity index (χ1n) is 7.61. The van der Waals surface area contributed by atoms with Crippen molar-refractivity contribution in [2.75, 3.05) is 0 Å². The van der Waals surface area contributed by atoms with Crippen molar-refractivity contribution in [1.29, 1.82) is 0 Å². The Hall–Kier alpha value is -2.80. The van der Waals surface area contributed by atoms with Crippen LogP contribution in [0.2, 0.25) is 0 Å². The van der Waals surface area contributed by atoms with Crippen LogP contribution >= 0.6 is 0 Å². The molecule has 0 fully saturated rings. The Labute approximate surface area is 128 Å². The van der Waals surface area contributed by atoms with Gasteiger partial charge in [0.25, 0.3) is 0 Å². The molecule has 0 amide bonds. The molecule has 0 saturated heterocycles. The highest BCUT2D eigenvalue weighted by Gasteiger charge is 2.10. The van der Waals surface area contributed by atoms with E-state index in [1.54, 1.807) is 0 Å². The highest BCUT2D eigenvalue weighted by molar-refractivity contribution is 6.26. The Bertz CT molecular complexity index is 1170. The summed E-state index contributed by atoms with van der Waals surface area (Å²) in [5.41, 5.74) is 1.32. The molecule has 5 rings (SSSR count). The predicted octanol–water partition coefficient (Wildman–Crippen LogP) is 5.64. The van der Waals surface area contributed by atoms with Gasteiger partial charge in [0, 0.05) is 24.0 Å². The summed E-state index contributed by atoms with van der Waals surface area (Å²) < 4.78 is 2.24. The number of nitrogens with zero attached hydrogens (tertiary/aromatic N) is 1. The zero-order chi connectivity index (χ0) is 14.7. The maximum atomic E-state index is 2.24. The summed E-state index contributed by atoms with van der Waals surface area (Å²) in [5.74, 6) is 0. The Morgan fingerprint density at radius 3 is 2.05 bits per heavy atom. The van der Waals surface area contributed by atoms with Crippen LogP contribution in [0.25, 0.3) is 43.2 Å². The van der Waals surface area contributed by atoms with Gasteiger partial charge in [-0.15, -0.1) is 0 Å². The second-order valence-electron chi connectivity index (χ2n) is 5.98. The normalized spacial score (nSPS) is 11.9. The molecule has 0 aliphatic rings. The van der Waals surface area contributed by atoms with Gasteiger partial charge in [0.05, 0.1) is 5.52 Å². The maximum Gasteiger partial charge on any atom is 0.0563 e. The largest absolute Gasteiger partial charge is 0.350 e. The van der Waals surface area contributed by atoms with E-state index in [1.807, 2.05) is 0 Å². The minimum Gasteiger partial charge on any atom is -0.350 e. The molecule has 0 bridgehead atoms. The lowest BCUT2D eigenvalue weighted by Crippen LogP contribution is -1.88. The molecule has 0 atom stereocenters. The van der Waals surface area contributed by atoms with E-state index in [0.29, 0.717) is 0 Å². The molecular weight excluding hydrogens is 266 g/mol. The third-order valence-electron chi connectivity index (χ3n) is 4.73. The van der Waals surface area contributed by atoms with Crippen molar-refractivity contribution >= 4 is 43.2 Å².